The second-order valence-electron chi connectivity index (χ2n) is 4.04. The zero-order chi connectivity index (χ0) is 13.7. The molecule has 0 bridgehead atoms. The van der Waals surface area contributed by atoms with Gasteiger partial charge >= 0.3 is 5.97 Å². The first kappa shape index (κ1) is 13.0. The average Bonchev–Trinajstić information content (AvgIpc) is 2.48. The van der Waals surface area contributed by atoms with Gasteiger partial charge in [-0.3, -0.25) is 4.79 Å². The van der Waals surface area contributed by atoms with Crippen LogP contribution in [0.3, 0.4) is 0 Å². The average molecular weight is 256 g/mol. The number of hydrogen-bond donors (Lipinski definition) is 0. The first-order valence-corrected chi connectivity index (χ1v) is 5.86. The Labute approximate surface area is 111 Å². The quantitative estimate of drug-likeness (QED) is 0.474. The van der Waals surface area contributed by atoms with E-state index in [9.17, 15) is 9.59 Å². The maximum absolute atomic E-state index is 12.0. The van der Waals surface area contributed by atoms with Crippen molar-refractivity contribution < 1.29 is 18.9 Å². The van der Waals surface area contributed by atoms with Crippen molar-refractivity contribution in [3.8, 4) is 0 Å². The molecule has 2 rings (SSSR count). The molecule has 19 heavy (non-hydrogen) atoms. The van der Waals surface area contributed by atoms with Gasteiger partial charge in [0, 0.05) is 17.7 Å². The SMILES string of the molecule is COC(=O)c1cc[n+](CC(=O)c2ccccc2)cc1. The van der Waals surface area contributed by atoms with Crippen LogP contribution in [-0.2, 0) is 11.3 Å². The van der Waals surface area contributed by atoms with Gasteiger partial charge in [-0.1, -0.05) is 30.3 Å². The molecule has 0 spiro atoms. The van der Waals surface area contributed by atoms with Crippen LogP contribution in [0.25, 0.3) is 0 Å². The van der Waals surface area contributed by atoms with Gasteiger partial charge in [0.15, 0.2) is 12.4 Å². The van der Waals surface area contributed by atoms with Crippen molar-refractivity contribution >= 4 is 11.8 Å². The molecular weight excluding hydrogens is 242 g/mol. The van der Waals surface area contributed by atoms with E-state index in [2.05, 4.69) is 4.74 Å². The summed E-state index contributed by atoms with van der Waals surface area (Å²) in [6, 6.07) is 12.4. The van der Waals surface area contributed by atoms with Gasteiger partial charge in [0.2, 0.25) is 12.3 Å². The van der Waals surface area contributed by atoms with Crippen LogP contribution in [0.15, 0.2) is 54.9 Å². The Balaban J connectivity index is 2.08. The highest BCUT2D eigenvalue weighted by Crippen LogP contribution is 2.01. The second kappa shape index (κ2) is 5.91. The molecule has 0 N–H and O–H groups in total. The third-order valence-electron chi connectivity index (χ3n) is 2.73. The van der Waals surface area contributed by atoms with Crippen molar-refractivity contribution in [2.75, 3.05) is 7.11 Å². The molecule has 0 unspecified atom stereocenters. The molecule has 0 fully saturated rings. The predicted molar refractivity (Wildman–Crippen MR) is 68.7 cm³/mol. The Hall–Kier alpha value is -2.49. The zero-order valence-electron chi connectivity index (χ0n) is 10.6. The summed E-state index contributed by atoms with van der Waals surface area (Å²) < 4.78 is 6.34. The van der Waals surface area contributed by atoms with Crippen molar-refractivity contribution in [3.63, 3.8) is 0 Å². The number of carbonyl (C=O) groups excluding carboxylic acids is 2. The Morgan fingerprint density at radius 2 is 1.63 bits per heavy atom. The molecule has 4 heteroatoms. The predicted octanol–water partition coefficient (Wildman–Crippen LogP) is 1.64. The Morgan fingerprint density at radius 3 is 2.21 bits per heavy atom. The van der Waals surface area contributed by atoms with Crippen molar-refractivity contribution in [2.45, 2.75) is 6.54 Å². The van der Waals surface area contributed by atoms with Crippen LogP contribution >= 0.6 is 0 Å². The van der Waals surface area contributed by atoms with Crippen LogP contribution in [0.1, 0.15) is 20.7 Å². The number of methoxy groups -OCH3 is 1. The van der Waals surface area contributed by atoms with Gasteiger partial charge < -0.3 is 4.74 Å². The van der Waals surface area contributed by atoms with Crippen molar-refractivity contribution in [1.29, 1.82) is 0 Å². The number of esters is 1. The van der Waals surface area contributed by atoms with Crippen molar-refractivity contribution in [3.05, 3.63) is 66.0 Å². The molecule has 2 aromatic rings. The lowest BCUT2D eigenvalue weighted by Gasteiger charge is -1.99. The van der Waals surface area contributed by atoms with E-state index in [1.807, 2.05) is 18.2 Å². The lowest BCUT2D eigenvalue weighted by molar-refractivity contribution is -0.683. The van der Waals surface area contributed by atoms with E-state index in [1.54, 1.807) is 41.2 Å². The molecule has 0 atom stereocenters. The summed E-state index contributed by atoms with van der Waals surface area (Å²) in [5, 5.41) is 0. The summed E-state index contributed by atoms with van der Waals surface area (Å²) in [7, 11) is 1.34. The zero-order valence-corrected chi connectivity index (χ0v) is 10.6. The minimum absolute atomic E-state index is 0.0245. The van der Waals surface area contributed by atoms with Crippen LogP contribution in [0.5, 0.6) is 0 Å². The molecular formula is C15H14NO3+. The Kier molecular flexibility index (Phi) is 4.03. The molecule has 1 aromatic heterocycles. The van der Waals surface area contributed by atoms with E-state index < -0.39 is 0 Å². The van der Waals surface area contributed by atoms with Crippen molar-refractivity contribution in [2.24, 2.45) is 0 Å². The number of Topliss-reactive ketones (excluding diaryl/α,β-unsaturated/α-hetero) is 1. The molecule has 1 heterocycles. The molecule has 0 saturated heterocycles. The van der Waals surface area contributed by atoms with Gasteiger partial charge in [-0.25, -0.2) is 4.79 Å². The largest absolute Gasteiger partial charge is 0.465 e. The number of aromatic nitrogens is 1. The smallest absolute Gasteiger partial charge is 0.338 e. The number of nitrogens with zero attached hydrogens (tertiary/aromatic N) is 1. The van der Waals surface area contributed by atoms with E-state index in [4.69, 9.17) is 0 Å². The lowest BCUT2D eigenvalue weighted by atomic mass is 10.1. The van der Waals surface area contributed by atoms with Crippen LogP contribution in [0.4, 0.5) is 0 Å². The fourth-order valence-electron chi connectivity index (χ4n) is 1.70. The fourth-order valence-corrected chi connectivity index (χ4v) is 1.70. The summed E-state index contributed by atoms with van der Waals surface area (Å²) in [4.78, 5) is 23.2. The number of pyridine rings is 1. The third-order valence-corrected chi connectivity index (χ3v) is 2.73. The highest BCUT2D eigenvalue weighted by Gasteiger charge is 2.13. The first-order valence-electron chi connectivity index (χ1n) is 5.86. The fraction of sp³-hybridized carbons (Fsp3) is 0.133. The summed E-state index contributed by atoms with van der Waals surface area (Å²) in [6.45, 7) is 0.242. The van der Waals surface area contributed by atoms with Crippen LogP contribution < -0.4 is 4.57 Å². The number of hydrogen-bond acceptors (Lipinski definition) is 3. The van der Waals surface area contributed by atoms with Gasteiger partial charge in [-0.2, -0.15) is 4.57 Å². The van der Waals surface area contributed by atoms with E-state index >= 15 is 0 Å². The number of rotatable bonds is 4. The van der Waals surface area contributed by atoms with Crippen molar-refractivity contribution in [1.82, 2.24) is 0 Å². The number of ketones is 1. The first-order chi connectivity index (χ1) is 9.20. The van der Waals surface area contributed by atoms with Gasteiger partial charge in [-0.05, 0) is 0 Å². The summed E-state index contributed by atoms with van der Waals surface area (Å²) >= 11 is 0. The summed E-state index contributed by atoms with van der Waals surface area (Å²) in [6.07, 6.45) is 3.38. The highest BCUT2D eigenvalue weighted by atomic mass is 16.5. The van der Waals surface area contributed by atoms with E-state index in [-0.39, 0.29) is 18.3 Å². The lowest BCUT2D eigenvalue weighted by Crippen LogP contribution is -2.37. The molecule has 0 saturated carbocycles. The molecule has 0 aliphatic heterocycles. The maximum atomic E-state index is 12.0. The Morgan fingerprint density at radius 1 is 1.00 bits per heavy atom. The molecule has 0 radical (unpaired) electrons. The molecule has 0 aliphatic carbocycles. The maximum Gasteiger partial charge on any atom is 0.338 e. The molecule has 1 aromatic carbocycles. The number of benzene rings is 1. The van der Waals surface area contributed by atoms with Crippen LogP contribution in [0.2, 0.25) is 0 Å². The molecule has 96 valence electrons. The minimum Gasteiger partial charge on any atom is -0.465 e. The number of carbonyl (C=O) groups is 2. The third kappa shape index (κ3) is 3.25. The number of ether oxygens (including phenoxy) is 1. The van der Waals surface area contributed by atoms with Crippen LogP contribution in [-0.4, -0.2) is 18.9 Å². The van der Waals surface area contributed by atoms with E-state index in [0.29, 0.717) is 11.1 Å². The minimum atomic E-state index is -0.387. The standard InChI is InChI=1S/C15H14NO3/c1-19-15(18)13-7-9-16(10-8-13)11-14(17)12-5-3-2-4-6-12/h2-10H,11H2,1H3/q+1. The van der Waals surface area contributed by atoms with E-state index in [0.717, 1.165) is 0 Å². The molecule has 0 aliphatic rings. The van der Waals surface area contributed by atoms with Gasteiger partial charge in [0.25, 0.3) is 0 Å². The van der Waals surface area contributed by atoms with Gasteiger partial charge in [-0.15, -0.1) is 0 Å². The normalized spacial score (nSPS) is 9.95. The van der Waals surface area contributed by atoms with E-state index in [1.165, 1.54) is 7.11 Å². The Bertz CT molecular complexity index is 576. The summed E-state index contributed by atoms with van der Waals surface area (Å²) in [5.74, 6) is -0.363. The molecule has 0 amide bonds. The highest BCUT2D eigenvalue weighted by molar-refractivity contribution is 5.95. The molecule has 4 nitrogen and oxygen atoms in total. The van der Waals surface area contributed by atoms with Gasteiger partial charge in [0.05, 0.1) is 12.7 Å². The van der Waals surface area contributed by atoms with Crippen LogP contribution in [0, 0.1) is 0 Å². The monoisotopic (exact) mass is 256 g/mol. The van der Waals surface area contributed by atoms with Gasteiger partial charge in [0.1, 0.15) is 0 Å². The summed E-state index contributed by atoms with van der Waals surface area (Å²) in [5.41, 5.74) is 1.14. The topological polar surface area (TPSA) is 47.2 Å². The second-order valence-corrected chi connectivity index (χ2v) is 4.04.